The average molecular weight is 445 g/mol. The molecular formula is C24H40N6O2. The van der Waals surface area contributed by atoms with Crippen molar-refractivity contribution in [1.29, 1.82) is 5.53 Å². The van der Waals surface area contributed by atoms with E-state index in [4.69, 9.17) is 11.1 Å². The van der Waals surface area contributed by atoms with Crippen LogP contribution in [0.4, 0.5) is 0 Å². The van der Waals surface area contributed by atoms with Crippen molar-refractivity contribution >= 4 is 5.91 Å². The molecule has 0 bridgehead atoms. The summed E-state index contributed by atoms with van der Waals surface area (Å²) in [5, 5.41) is 2.85. The van der Waals surface area contributed by atoms with Gasteiger partial charge >= 0.3 is 0 Å². The van der Waals surface area contributed by atoms with E-state index >= 15 is 0 Å². The van der Waals surface area contributed by atoms with E-state index in [-0.39, 0.29) is 26.0 Å². The van der Waals surface area contributed by atoms with Crippen LogP contribution in [0.15, 0.2) is 24.3 Å². The fourth-order valence-corrected chi connectivity index (χ4v) is 1.62. The molecule has 0 atom stereocenters. The highest BCUT2D eigenvalue weighted by atomic mass is 16.1. The predicted molar refractivity (Wildman–Crippen MR) is 141 cm³/mol. The quantitative estimate of drug-likeness (QED) is 0.181. The Hall–Kier alpha value is -4.32. The summed E-state index contributed by atoms with van der Waals surface area (Å²) in [4.78, 5) is 13.4. The molecule has 0 fully saturated rings. The van der Waals surface area contributed by atoms with E-state index in [0.717, 1.165) is 12.1 Å². The SMILES string of the molecule is CC#CC#CC#CC#CC#CC.CNNCc1ccc(C(=O)NC(C)C)cc1.O.[HH].[HH].[HH].[HH].[HH].[HH].[N-]=[N+]=N. The molecule has 178 valence electrons. The van der Waals surface area contributed by atoms with Crippen molar-refractivity contribution in [2.45, 2.75) is 40.3 Å². The lowest BCUT2D eigenvalue weighted by Crippen LogP contribution is -2.30. The van der Waals surface area contributed by atoms with Crippen LogP contribution < -0.4 is 16.2 Å². The van der Waals surface area contributed by atoms with Gasteiger partial charge in [-0.15, -0.1) is 5.53 Å². The number of hydrogen-bond donors (Lipinski definition) is 4. The first-order valence-corrected chi connectivity index (χ1v) is 9.10. The number of nitrogens with one attached hydrogen (secondary N) is 4. The van der Waals surface area contributed by atoms with Gasteiger partial charge in [-0.25, -0.2) is 0 Å². The van der Waals surface area contributed by atoms with Gasteiger partial charge in [0.1, 0.15) is 0 Å². The minimum Gasteiger partial charge on any atom is -0.412 e. The van der Waals surface area contributed by atoms with E-state index in [1.54, 1.807) is 18.8 Å². The second-order valence-corrected chi connectivity index (χ2v) is 5.53. The van der Waals surface area contributed by atoms with Crippen molar-refractivity contribution in [3.63, 3.8) is 0 Å². The third-order valence-electron chi connectivity index (χ3n) is 2.79. The molecule has 0 aromatic heterocycles. The minimum absolute atomic E-state index is 0. The predicted octanol–water partition coefficient (Wildman–Crippen LogP) is 3.62. The van der Waals surface area contributed by atoms with E-state index in [0.29, 0.717) is 5.56 Å². The summed E-state index contributed by atoms with van der Waals surface area (Å²) in [6, 6.07) is 7.73. The number of amides is 1. The summed E-state index contributed by atoms with van der Waals surface area (Å²) in [5.41, 5.74) is 19.9. The Kier molecular flexibility index (Phi) is 25.0. The Labute approximate surface area is 199 Å². The maximum atomic E-state index is 11.6. The van der Waals surface area contributed by atoms with Crippen molar-refractivity contribution in [2.75, 3.05) is 7.05 Å². The third kappa shape index (κ3) is 22.0. The molecule has 0 saturated carbocycles. The summed E-state index contributed by atoms with van der Waals surface area (Å²) in [5.74, 6) is 25.5. The Morgan fingerprint density at radius 1 is 1.00 bits per heavy atom. The van der Waals surface area contributed by atoms with Gasteiger partial charge in [-0.05, 0) is 110 Å². The van der Waals surface area contributed by atoms with Crippen LogP contribution in [-0.2, 0) is 6.54 Å². The second-order valence-electron chi connectivity index (χ2n) is 5.53. The lowest BCUT2D eigenvalue weighted by molar-refractivity contribution is 0.0943. The molecule has 0 unspecified atom stereocenters. The molecular weight excluding hydrogens is 404 g/mol. The van der Waals surface area contributed by atoms with Crippen LogP contribution in [0.5, 0.6) is 0 Å². The fourth-order valence-electron chi connectivity index (χ4n) is 1.62. The van der Waals surface area contributed by atoms with Crippen molar-refractivity contribution in [3.05, 3.63) is 45.8 Å². The van der Waals surface area contributed by atoms with E-state index in [1.165, 1.54) is 0 Å². The number of nitrogens with zero attached hydrogens (tertiary/aromatic N) is 2. The van der Waals surface area contributed by atoms with Crippen LogP contribution >= 0.6 is 0 Å². The van der Waals surface area contributed by atoms with E-state index in [2.05, 4.69) is 75.4 Å². The van der Waals surface area contributed by atoms with Gasteiger partial charge in [0.15, 0.2) is 0 Å². The maximum Gasteiger partial charge on any atom is 0.251 e. The van der Waals surface area contributed by atoms with Crippen molar-refractivity contribution in [3.8, 4) is 59.2 Å². The largest absolute Gasteiger partial charge is 0.412 e. The summed E-state index contributed by atoms with van der Waals surface area (Å²) < 4.78 is 0. The standard InChI is InChI=1S/C12H19N3O.C12H6.HN3.H2O.6H2/c1-9(2)15-12(16)11-6-4-10(5-7-11)8-14-13-3;1-3-5-7-9-11-12-10-8-6-4-2;1-3-2;;;;;;;/h4-7,9,13-14H,8H2,1-3H3,(H,15,16);1-2H3;1H;1H2;6*1H. The number of carbonyl (C=O) groups excluding carboxylic acids is 1. The lowest BCUT2D eigenvalue weighted by Gasteiger charge is -2.09. The maximum absolute atomic E-state index is 11.6. The zero-order chi connectivity index (χ0) is 23.7. The zero-order valence-electron chi connectivity index (χ0n) is 18.9. The van der Waals surface area contributed by atoms with Gasteiger partial charge in [0, 0.05) is 26.7 Å². The Morgan fingerprint density at radius 3 is 1.75 bits per heavy atom. The van der Waals surface area contributed by atoms with E-state index < -0.39 is 0 Å². The summed E-state index contributed by atoms with van der Waals surface area (Å²) in [7, 11) is 1.82. The van der Waals surface area contributed by atoms with E-state index in [9.17, 15) is 4.79 Å². The van der Waals surface area contributed by atoms with Gasteiger partial charge in [-0.3, -0.25) is 15.6 Å². The van der Waals surface area contributed by atoms with Crippen LogP contribution in [0.25, 0.3) is 10.4 Å². The molecule has 0 spiro atoms. The summed E-state index contributed by atoms with van der Waals surface area (Å²) in [6.45, 7) is 8.08. The number of hydrazine groups is 1. The summed E-state index contributed by atoms with van der Waals surface area (Å²) >= 11 is 0. The molecule has 8 heteroatoms. The molecule has 32 heavy (non-hydrogen) atoms. The van der Waals surface area contributed by atoms with Gasteiger partial charge in [0.05, 0.1) is 0 Å². The van der Waals surface area contributed by atoms with Crippen LogP contribution in [0.1, 0.15) is 52.2 Å². The molecule has 1 aromatic rings. The first-order chi connectivity index (χ1) is 15.0. The number of hydrogen-bond acceptors (Lipinski definition) is 4. The Bertz CT molecular complexity index is 995. The molecule has 0 aliphatic rings. The van der Waals surface area contributed by atoms with Gasteiger partial charge in [0.2, 0.25) is 0 Å². The first kappa shape index (κ1) is 32.3. The Balaban J connectivity index is -0.0000000500. The normalized spacial score (nSPS) is 6.94. The average Bonchev–Trinajstić information content (AvgIpc) is 2.75. The number of carbonyl (C=O) groups is 1. The smallest absolute Gasteiger partial charge is 0.251 e. The van der Waals surface area contributed by atoms with Crippen molar-refractivity contribution in [2.24, 2.45) is 0 Å². The topological polar surface area (TPSA) is 145 Å². The fraction of sp³-hybridized carbons (Fsp3) is 0.292. The molecule has 0 radical (unpaired) electrons. The van der Waals surface area contributed by atoms with Gasteiger partial charge in [0.25, 0.3) is 5.91 Å². The highest BCUT2D eigenvalue weighted by Crippen LogP contribution is 2.04. The molecule has 0 saturated heterocycles. The number of benzene rings is 1. The Morgan fingerprint density at radius 2 is 1.41 bits per heavy atom. The van der Waals surface area contributed by atoms with E-state index in [1.807, 2.05) is 45.2 Å². The molecule has 1 amide bonds. The lowest BCUT2D eigenvalue weighted by atomic mass is 10.1. The van der Waals surface area contributed by atoms with Crippen LogP contribution in [0, 0.1) is 64.7 Å². The van der Waals surface area contributed by atoms with Crippen LogP contribution in [0.2, 0.25) is 0 Å². The molecule has 0 aliphatic carbocycles. The highest BCUT2D eigenvalue weighted by Gasteiger charge is 2.05. The zero-order valence-corrected chi connectivity index (χ0v) is 18.9. The molecule has 6 N–H and O–H groups in total. The van der Waals surface area contributed by atoms with Gasteiger partial charge in [-0.2, -0.15) is 0 Å². The third-order valence-corrected chi connectivity index (χ3v) is 2.79. The highest BCUT2D eigenvalue weighted by molar-refractivity contribution is 5.94. The molecule has 1 rings (SSSR count). The second kappa shape index (κ2) is 24.7. The molecule has 0 heterocycles. The first-order valence-electron chi connectivity index (χ1n) is 9.10. The van der Waals surface area contributed by atoms with Crippen LogP contribution in [0.3, 0.4) is 0 Å². The minimum atomic E-state index is -0.0249. The monoisotopic (exact) mass is 444 g/mol. The van der Waals surface area contributed by atoms with Crippen molar-refractivity contribution < 1.29 is 18.8 Å². The molecule has 1 aromatic carbocycles. The van der Waals surface area contributed by atoms with Gasteiger partial charge < -0.3 is 10.8 Å². The van der Waals surface area contributed by atoms with Gasteiger partial charge in [-0.1, -0.05) is 24.0 Å². The number of rotatable bonds is 5. The molecule has 8 nitrogen and oxygen atoms in total. The van der Waals surface area contributed by atoms with Crippen molar-refractivity contribution in [1.82, 2.24) is 16.2 Å². The molecule has 0 aliphatic heterocycles. The summed E-state index contributed by atoms with van der Waals surface area (Å²) in [6.07, 6.45) is 0. The van der Waals surface area contributed by atoms with Crippen LogP contribution in [-0.4, -0.2) is 24.5 Å².